The van der Waals surface area contributed by atoms with E-state index in [1.54, 1.807) is 0 Å². The Morgan fingerprint density at radius 2 is 2.30 bits per heavy atom. The second-order valence-corrected chi connectivity index (χ2v) is 6.20. The summed E-state index contributed by atoms with van der Waals surface area (Å²) in [6.07, 6.45) is 6.21. The van der Waals surface area contributed by atoms with Gasteiger partial charge in [0, 0.05) is 30.3 Å². The van der Waals surface area contributed by atoms with Crippen LogP contribution in [-0.2, 0) is 11.2 Å². The number of aryl methyl sites for hydroxylation is 1. The molecule has 0 bridgehead atoms. The zero-order valence-electron chi connectivity index (χ0n) is 13.6. The maximum Gasteiger partial charge on any atom is 0.315 e. The van der Waals surface area contributed by atoms with E-state index in [2.05, 4.69) is 40.0 Å². The normalized spacial score (nSPS) is 18.9. The number of aromatic amines is 1. The minimum atomic E-state index is -0.105. The molecule has 1 aromatic carbocycles. The van der Waals surface area contributed by atoms with Crippen LogP contribution in [0.1, 0.15) is 31.7 Å². The molecule has 5 nitrogen and oxygen atoms in total. The fraction of sp³-hybridized carbons (Fsp3) is 0.500. The van der Waals surface area contributed by atoms with Crippen molar-refractivity contribution in [1.29, 1.82) is 0 Å². The number of fused-ring (bicyclic) bond motifs is 1. The number of benzene rings is 1. The van der Waals surface area contributed by atoms with E-state index in [-0.39, 0.29) is 18.2 Å². The largest absolute Gasteiger partial charge is 0.376 e. The lowest BCUT2D eigenvalue weighted by Crippen LogP contribution is -2.46. The number of hydrogen-bond donors (Lipinski definition) is 3. The number of H-pyrrole nitrogens is 1. The van der Waals surface area contributed by atoms with Crippen molar-refractivity contribution in [1.82, 2.24) is 15.6 Å². The van der Waals surface area contributed by atoms with Crippen LogP contribution in [0.15, 0.2) is 30.5 Å². The van der Waals surface area contributed by atoms with Crippen LogP contribution in [0.25, 0.3) is 10.9 Å². The van der Waals surface area contributed by atoms with E-state index < -0.39 is 0 Å². The molecule has 0 radical (unpaired) electrons. The molecule has 1 aromatic heterocycles. The van der Waals surface area contributed by atoms with Gasteiger partial charge in [-0.2, -0.15) is 0 Å². The van der Waals surface area contributed by atoms with Crippen LogP contribution in [0.4, 0.5) is 4.79 Å². The van der Waals surface area contributed by atoms with Gasteiger partial charge in [0.15, 0.2) is 0 Å². The number of ether oxygens (including phenoxy) is 1. The number of carbonyl (C=O) groups is 1. The lowest BCUT2D eigenvalue weighted by molar-refractivity contribution is 0.0860. The molecule has 5 heteroatoms. The summed E-state index contributed by atoms with van der Waals surface area (Å²) in [4.78, 5) is 15.2. The Morgan fingerprint density at radius 3 is 3.13 bits per heavy atom. The lowest BCUT2D eigenvalue weighted by atomic mass is 10.1. The minimum Gasteiger partial charge on any atom is -0.376 e. The molecule has 1 fully saturated rings. The monoisotopic (exact) mass is 315 g/mol. The standard InChI is InChI=1S/C18H25N3O2/c1-13(17-9-5-11-23-17)21-18(22)19-10-4-6-14-12-20-16-8-3-2-7-15(14)16/h2-3,7-8,12-13,17,20H,4-6,9-11H2,1H3,(H2,19,21,22)/t13-,17-/m0/s1. The first-order chi connectivity index (χ1) is 11.2. The Balaban J connectivity index is 1.38. The van der Waals surface area contributed by atoms with Crippen molar-refractivity contribution in [3.8, 4) is 0 Å². The Bertz CT molecular complexity index is 647. The lowest BCUT2D eigenvalue weighted by Gasteiger charge is -2.20. The summed E-state index contributed by atoms with van der Waals surface area (Å²) in [5.41, 5.74) is 2.47. The van der Waals surface area contributed by atoms with Crippen molar-refractivity contribution in [2.75, 3.05) is 13.2 Å². The van der Waals surface area contributed by atoms with Crippen LogP contribution in [0.2, 0.25) is 0 Å². The third-order valence-corrected chi connectivity index (χ3v) is 4.46. The van der Waals surface area contributed by atoms with E-state index in [1.165, 1.54) is 16.5 Å². The zero-order valence-corrected chi connectivity index (χ0v) is 13.6. The van der Waals surface area contributed by atoms with Gasteiger partial charge in [0.25, 0.3) is 0 Å². The van der Waals surface area contributed by atoms with Gasteiger partial charge in [-0.3, -0.25) is 0 Å². The Morgan fingerprint density at radius 1 is 1.43 bits per heavy atom. The predicted molar refractivity (Wildman–Crippen MR) is 91.6 cm³/mol. The van der Waals surface area contributed by atoms with Gasteiger partial charge in [0.1, 0.15) is 0 Å². The van der Waals surface area contributed by atoms with Crippen LogP contribution in [0, 0.1) is 0 Å². The first-order valence-corrected chi connectivity index (χ1v) is 8.45. The van der Waals surface area contributed by atoms with E-state index in [9.17, 15) is 4.79 Å². The molecule has 0 unspecified atom stereocenters. The maximum atomic E-state index is 11.9. The molecule has 0 spiro atoms. The number of urea groups is 1. The molecule has 1 aliphatic rings. The summed E-state index contributed by atoms with van der Waals surface area (Å²) in [5, 5.41) is 7.16. The Labute approximate surface area is 136 Å². The van der Waals surface area contributed by atoms with Gasteiger partial charge in [-0.05, 0) is 44.2 Å². The first kappa shape index (κ1) is 15.9. The second-order valence-electron chi connectivity index (χ2n) is 6.20. The van der Waals surface area contributed by atoms with Crippen molar-refractivity contribution in [2.24, 2.45) is 0 Å². The van der Waals surface area contributed by atoms with Gasteiger partial charge in [0.2, 0.25) is 0 Å². The number of rotatable bonds is 6. The van der Waals surface area contributed by atoms with Crippen LogP contribution < -0.4 is 10.6 Å². The second kappa shape index (κ2) is 7.51. The smallest absolute Gasteiger partial charge is 0.315 e. The molecule has 2 atom stereocenters. The van der Waals surface area contributed by atoms with Gasteiger partial charge in [0.05, 0.1) is 12.1 Å². The van der Waals surface area contributed by atoms with Crippen molar-refractivity contribution in [3.05, 3.63) is 36.0 Å². The van der Waals surface area contributed by atoms with E-state index in [0.717, 1.165) is 32.3 Å². The van der Waals surface area contributed by atoms with E-state index in [1.807, 2.05) is 13.0 Å². The molecule has 3 rings (SSSR count). The highest BCUT2D eigenvalue weighted by Crippen LogP contribution is 2.18. The first-order valence-electron chi connectivity index (χ1n) is 8.45. The topological polar surface area (TPSA) is 66.2 Å². The van der Waals surface area contributed by atoms with E-state index in [0.29, 0.717) is 6.54 Å². The SMILES string of the molecule is C[C@H](NC(=O)NCCCc1c[nH]c2ccccc12)[C@@H]1CCCO1. The summed E-state index contributed by atoms with van der Waals surface area (Å²) in [6.45, 7) is 3.48. The fourth-order valence-electron chi connectivity index (χ4n) is 3.17. The molecule has 0 aliphatic carbocycles. The average Bonchev–Trinajstić information content (AvgIpc) is 3.21. The van der Waals surface area contributed by atoms with Gasteiger partial charge in [-0.25, -0.2) is 4.79 Å². The fourth-order valence-corrected chi connectivity index (χ4v) is 3.17. The van der Waals surface area contributed by atoms with Crippen molar-refractivity contribution >= 4 is 16.9 Å². The number of hydrogen-bond acceptors (Lipinski definition) is 2. The molecule has 3 N–H and O–H groups in total. The molecule has 2 aromatic rings. The van der Waals surface area contributed by atoms with Crippen molar-refractivity contribution in [2.45, 2.75) is 44.8 Å². The summed E-state index contributed by atoms with van der Waals surface area (Å²) in [6, 6.07) is 8.25. The summed E-state index contributed by atoms with van der Waals surface area (Å²) in [5.74, 6) is 0. The highest BCUT2D eigenvalue weighted by atomic mass is 16.5. The summed E-state index contributed by atoms with van der Waals surface area (Å²) in [7, 11) is 0. The van der Waals surface area contributed by atoms with Crippen LogP contribution >= 0.6 is 0 Å². The van der Waals surface area contributed by atoms with Crippen LogP contribution in [0.3, 0.4) is 0 Å². The van der Waals surface area contributed by atoms with Crippen molar-refractivity contribution < 1.29 is 9.53 Å². The molecule has 1 saturated heterocycles. The minimum absolute atomic E-state index is 0.0612. The van der Waals surface area contributed by atoms with Crippen molar-refractivity contribution in [3.63, 3.8) is 0 Å². The van der Waals surface area contributed by atoms with Crippen LogP contribution in [-0.4, -0.2) is 36.3 Å². The maximum absolute atomic E-state index is 11.9. The third-order valence-electron chi connectivity index (χ3n) is 4.46. The number of amides is 2. The van der Waals surface area contributed by atoms with Gasteiger partial charge in [-0.15, -0.1) is 0 Å². The highest BCUT2D eigenvalue weighted by molar-refractivity contribution is 5.83. The Hall–Kier alpha value is -2.01. The van der Waals surface area contributed by atoms with Gasteiger partial charge in [-0.1, -0.05) is 18.2 Å². The number of aromatic nitrogens is 1. The van der Waals surface area contributed by atoms with Gasteiger partial charge < -0.3 is 20.4 Å². The molecule has 2 amide bonds. The molecule has 1 aliphatic heterocycles. The summed E-state index contributed by atoms with van der Waals surface area (Å²) >= 11 is 0. The number of para-hydroxylation sites is 1. The molecule has 124 valence electrons. The van der Waals surface area contributed by atoms with Crippen LogP contribution in [0.5, 0.6) is 0 Å². The van der Waals surface area contributed by atoms with Gasteiger partial charge >= 0.3 is 6.03 Å². The Kier molecular flexibility index (Phi) is 5.18. The molecule has 23 heavy (non-hydrogen) atoms. The highest BCUT2D eigenvalue weighted by Gasteiger charge is 2.23. The average molecular weight is 315 g/mol. The molecule has 0 saturated carbocycles. The number of carbonyl (C=O) groups excluding carboxylic acids is 1. The number of nitrogens with one attached hydrogen (secondary N) is 3. The molecular weight excluding hydrogens is 290 g/mol. The summed E-state index contributed by atoms with van der Waals surface area (Å²) < 4.78 is 5.59. The zero-order chi connectivity index (χ0) is 16.1. The quantitative estimate of drug-likeness (QED) is 0.718. The third kappa shape index (κ3) is 4.05. The van der Waals surface area contributed by atoms with E-state index in [4.69, 9.17) is 4.74 Å². The predicted octanol–water partition coefficient (Wildman–Crippen LogP) is 2.97. The molecular formula is C18H25N3O2. The molecule has 2 heterocycles. The van der Waals surface area contributed by atoms with E-state index >= 15 is 0 Å².